The number of pyridine rings is 1. The van der Waals surface area contributed by atoms with Crippen molar-refractivity contribution in [2.24, 2.45) is 0 Å². The van der Waals surface area contributed by atoms with Gasteiger partial charge >= 0.3 is 0 Å². The maximum Gasteiger partial charge on any atom is 0.226 e. The Bertz CT molecular complexity index is 1060. The van der Waals surface area contributed by atoms with E-state index < -0.39 is 5.82 Å². The zero-order valence-corrected chi connectivity index (χ0v) is 18.9. The van der Waals surface area contributed by atoms with Gasteiger partial charge in [-0.15, -0.1) is 11.3 Å². The molecule has 2 aromatic heterocycles. The first-order valence-corrected chi connectivity index (χ1v) is 11.3. The molecule has 0 bridgehead atoms. The largest absolute Gasteiger partial charge is 0.352 e. The number of para-hydroxylation sites is 1. The average molecular weight is 505 g/mol. The molecule has 0 spiro atoms. The number of halogens is 2. The van der Waals surface area contributed by atoms with Crippen LogP contribution in [0.3, 0.4) is 0 Å². The van der Waals surface area contributed by atoms with E-state index in [-0.39, 0.29) is 30.1 Å². The zero-order valence-electron chi connectivity index (χ0n) is 15.7. The van der Waals surface area contributed by atoms with Crippen LogP contribution in [0.1, 0.15) is 29.1 Å². The molecule has 5 nitrogen and oxygen atoms in total. The van der Waals surface area contributed by atoms with Crippen LogP contribution >= 0.6 is 39.5 Å². The van der Waals surface area contributed by atoms with Crippen molar-refractivity contribution < 1.29 is 9.18 Å². The van der Waals surface area contributed by atoms with Crippen LogP contribution in [0, 0.1) is 5.82 Å². The third-order valence-electron chi connectivity index (χ3n) is 4.81. The highest BCUT2D eigenvalue weighted by Crippen LogP contribution is 2.42. The SMILES string of the molecule is O=C(CCN1C(=S)N[C@H](c2ccccn2)[C@H]1c1ccc(Br)s1)Nc1ccccc1F. The molecule has 0 aliphatic carbocycles. The van der Waals surface area contributed by atoms with Crippen molar-refractivity contribution in [3.63, 3.8) is 0 Å². The van der Waals surface area contributed by atoms with E-state index in [2.05, 4.69) is 37.6 Å². The van der Waals surface area contributed by atoms with Crippen LogP contribution in [0.4, 0.5) is 10.1 Å². The van der Waals surface area contributed by atoms with Gasteiger partial charge in [-0.3, -0.25) is 9.78 Å². The number of thiophene rings is 1. The predicted octanol–water partition coefficient (Wildman–Crippen LogP) is 5.05. The lowest BCUT2D eigenvalue weighted by atomic mass is 10.0. The normalized spacial score (nSPS) is 18.3. The molecular formula is C21H18BrFN4OS2. The molecule has 1 fully saturated rings. The van der Waals surface area contributed by atoms with Gasteiger partial charge in [0.25, 0.3) is 0 Å². The van der Waals surface area contributed by atoms with E-state index in [1.165, 1.54) is 6.07 Å². The van der Waals surface area contributed by atoms with Crippen molar-refractivity contribution in [1.82, 2.24) is 15.2 Å². The lowest BCUT2D eigenvalue weighted by Gasteiger charge is -2.26. The molecule has 0 radical (unpaired) electrons. The fraction of sp³-hybridized carbons (Fsp3) is 0.190. The minimum atomic E-state index is -0.458. The van der Waals surface area contributed by atoms with Crippen LogP contribution in [-0.4, -0.2) is 27.4 Å². The Hall–Kier alpha value is -2.36. The molecule has 4 rings (SSSR count). The van der Waals surface area contributed by atoms with E-state index >= 15 is 0 Å². The molecule has 1 aliphatic rings. The van der Waals surface area contributed by atoms with Gasteiger partial charge in [0, 0.05) is 24.0 Å². The van der Waals surface area contributed by atoms with Crippen LogP contribution in [0.5, 0.6) is 0 Å². The quantitative estimate of drug-likeness (QED) is 0.460. The second-order valence-electron chi connectivity index (χ2n) is 6.74. The number of hydrogen-bond donors (Lipinski definition) is 2. The van der Waals surface area contributed by atoms with E-state index in [0.717, 1.165) is 14.4 Å². The molecule has 154 valence electrons. The summed E-state index contributed by atoms with van der Waals surface area (Å²) < 4.78 is 14.8. The van der Waals surface area contributed by atoms with Crippen molar-refractivity contribution in [1.29, 1.82) is 0 Å². The van der Waals surface area contributed by atoms with Crippen molar-refractivity contribution in [2.45, 2.75) is 18.5 Å². The van der Waals surface area contributed by atoms with E-state index in [1.54, 1.807) is 35.7 Å². The number of benzene rings is 1. The fourth-order valence-electron chi connectivity index (χ4n) is 3.44. The summed E-state index contributed by atoms with van der Waals surface area (Å²) in [5, 5.41) is 6.55. The number of carbonyl (C=O) groups is 1. The second kappa shape index (κ2) is 9.20. The molecule has 2 atom stereocenters. The summed E-state index contributed by atoms with van der Waals surface area (Å²) in [6.07, 6.45) is 1.93. The van der Waals surface area contributed by atoms with Crippen molar-refractivity contribution in [3.8, 4) is 0 Å². The summed E-state index contributed by atoms with van der Waals surface area (Å²) in [5.74, 6) is -0.726. The van der Waals surface area contributed by atoms with E-state index in [1.807, 2.05) is 29.2 Å². The molecule has 0 saturated carbocycles. The Morgan fingerprint density at radius 2 is 2.03 bits per heavy atom. The molecule has 2 N–H and O–H groups in total. The smallest absolute Gasteiger partial charge is 0.226 e. The Labute approximate surface area is 191 Å². The van der Waals surface area contributed by atoms with Gasteiger partial charge in [0.1, 0.15) is 5.82 Å². The maximum absolute atomic E-state index is 13.8. The number of amides is 1. The van der Waals surface area contributed by atoms with Crippen LogP contribution in [0.2, 0.25) is 0 Å². The van der Waals surface area contributed by atoms with E-state index in [4.69, 9.17) is 12.2 Å². The van der Waals surface area contributed by atoms with E-state index in [9.17, 15) is 9.18 Å². The summed E-state index contributed by atoms with van der Waals surface area (Å²) in [6, 6.07) is 15.7. The van der Waals surface area contributed by atoms with Gasteiger partial charge in [-0.25, -0.2) is 4.39 Å². The average Bonchev–Trinajstić information content (AvgIpc) is 3.31. The number of hydrogen-bond acceptors (Lipinski definition) is 4. The minimum Gasteiger partial charge on any atom is -0.352 e. The number of rotatable bonds is 6. The molecule has 1 aliphatic heterocycles. The highest BCUT2D eigenvalue weighted by Gasteiger charge is 2.40. The number of anilines is 1. The Kier molecular flexibility index (Phi) is 6.40. The molecule has 30 heavy (non-hydrogen) atoms. The number of nitrogens with one attached hydrogen (secondary N) is 2. The first kappa shape index (κ1) is 20.9. The molecule has 0 unspecified atom stereocenters. The second-order valence-corrected chi connectivity index (χ2v) is 9.62. The molecule has 1 saturated heterocycles. The number of thiocarbonyl (C=S) groups is 1. The molecule has 1 aromatic carbocycles. The van der Waals surface area contributed by atoms with Gasteiger partial charge in [-0.05, 0) is 64.5 Å². The highest BCUT2D eigenvalue weighted by atomic mass is 79.9. The highest BCUT2D eigenvalue weighted by molar-refractivity contribution is 9.11. The summed E-state index contributed by atoms with van der Waals surface area (Å²) in [6.45, 7) is 0.398. The van der Waals surface area contributed by atoms with Crippen LogP contribution in [-0.2, 0) is 4.79 Å². The fourth-order valence-corrected chi connectivity index (χ4v) is 5.35. The standard InChI is InChI=1S/C21H18BrFN4OS2/c22-17-9-8-16(30-17)20-19(15-7-3-4-11-24-15)26-21(29)27(20)12-10-18(28)25-14-6-2-1-5-13(14)23/h1-9,11,19-20H,10,12H2,(H,25,28)(H,26,29)/t19-,20-/m1/s1. The first-order chi connectivity index (χ1) is 14.5. The van der Waals surface area contributed by atoms with Crippen LogP contribution in [0.25, 0.3) is 0 Å². The van der Waals surface area contributed by atoms with E-state index in [0.29, 0.717) is 11.7 Å². The lowest BCUT2D eigenvalue weighted by molar-refractivity contribution is -0.116. The topological polar surface area (TPSA) is 57.3 Å². The monoisotopic (exact) mass is 504 g/mol. The van der Waals surface area contributed by atoms with Gasteiger partial charge in [0.2, 0.25) is 5.91 Å². The predicted molar refractivity (Wildman–Crippen MR) is 124 cm³/mol. The summed E-state index contributed by atoms with van der Waals surface area (Å²) in [7, 11) is 0. The van der Waals surface area contributed by atoms with Crippen LogP contribution in [0.15, 0.2) is 64.6 Å². The maximum atomic E-state index is 13.8. The van der Waals surface area contributed by atoms with Gasteiger partial charge < -0.3 is 15.5 Å². The molecule has 9 heteroatoms. The van der Waals surface area contributed by atoms with Crippen molar-refractivity contribution in [2.75, 3.05) is 11.9 Å². The Balaban J connectivity index is 1.52. The molecule has 1 amide bonds. The Morgan fingerprint density at radius 3 is 2.73 bits per heavy atom. The molecular weight excluding hydrogens is 487 g/mol. The summed E-state index contributed by atoms with van der Waals surface area (Å²) >= 11 is 10.7. The first-order valence-electron chi connectivity index (χ1n) is 9.30. The van der Waals surface area contributed by atoms with Gasteiger partial charge in [0.15, 0.2) is 5.11 Å². The van der Waals surface area contributed by atoms with Gasteiger partial charge in [-0.1, -0.05) is 18.2 Å². The minimum absolute atomic E-state index is 0.0926. The Morgan fingerprint density at radius 1 is 1.23 bits per heavy atom. The van der Waals surface area contributed by atoms with Gasteiger partial charge in [0.05, 0.1) is 27.3 Å². The summed E-state index contributed by atoms with van der Waals surface area (Å²) in [5.41, 5.74) is 1.06. The number of nitrogens with zero attached hydrogens (tertiary/aromatic N) is 2. The third kappa shape index (κ3) is 4.53. The number of aromatic nitrogens is 1. The molecule has 3 heterocycles. The summed E-state index contributed by atoms with van der Waals surface area (Å²) in [4.78, 5) is 20.1. The lowest BCUT2D eigenvalue weighted by Crippen LogP contribution is -2.32. The van der Waals surface area contributed by atoms with Crippen molar-refractivity contribution in [3.05, 3.63) is 81.0 Å². The van der Waals surface area contributed by atoms with Gasteiger partial charge in [-0.2, -0.15) is 0 Å². The molecule has 3 aromatic rings. The zero-order chi connectivity index (χ0) is 21.1. The third-order valence-corrected chi connectivity index (χ3v) is 6.86. The number of carbonyl (C=O) groups excluding carboxylic acids is 1. The van der Waals surface area contributed by atoms with Crippen LogP contribution < -0.4 is 10.6 Å². The van der Waals surface area contributed by atoms with Crippen molar-refractivity contribution >= 4 is 56.2 Å².